The maximum Gasteiger partial charge on any atom is 0.171 e. The van der Waals surface area contributed by atoms with Gasteiger partial charge in [0.1, 0.15) is 5.52 Å². The highest BCUT2D eigenvalue weighted by Gasteiger charge is 2.26. The van der Waals surface area contributed by atoms with Crippen LogP contribution in [0.15, 0.2) is 42.7 Å². The van der Waals surface area contributed by atoms with Crippen LogP contribution in [0.4, 0.5) is 0 Å². The Morgan fingerprint density at radius 2 is 1.75 bits per heavy atom. The zero-order valence-electron chi connectivity index (χ0n) is 15.1. The largest absolute Gasteiger partial charge is 0.344 e. The van der Waals surface area contributed by atoms with Crippen LogP contribution in [0.5, 0.6) is 0 Å². The van der Waals surface area contributed by atoms with Gasteiger partial charge in [0.05, 0.1) is 17.5 Å². The molecule has 0 spiro atoms. The van der Waals surface area contributed by atoms with Crippen molar-refractivity contribution in [2.45, 2.75) is 41.0 Å². The van der Waals surface area contributed by atoms with Crippen molar-refractivity contribution in [2.24, 2.45) is 5.41 Å². The number of carbonyl (C=O) groups is 1. The summed E-state index contributed by atoms with van der Waals surface area (Å²) in [6, 6.07) is 9.83. The van der Waals surface area contributed by atoms with Gasteiger partial charge in [-0.3, -0.25) is 4.79 Å². The third kappa shape index (κ3) is 3.88. The number of aromatic amines is 1. The zero-order valence-corrected chi connectivity index (χ0v) is 15.1. The second-order valence-electron chi connectivity index (χ2n) is 6.81. The second kappa shape index (κ2) is 7.39. The molecule has 4 nitrogen and oxygen atoms in total. The molecule has 2 aromatic heterocycles. The summed E-state index contributed by atoms with van der Waals surface area (Å²) >= 11 is 0. The van der Waals surface area contributed by atoms with E-state index in [0.29, 0.717) is 16.7 Å². The highest BCUT2D eigenvalue weighted by atomic mass is 16.1. The van der Waals surface area contributed by atoms with Gasteiger partial charge in [-0.05, 0) is 0 Å². The molecular formula is C20H25N3O. The second-order valence-corrected chi connectivity index (χ2v) is 6.81. The molecule has 3 rings (SSSR count). The topological polar surface area (TPSA) is 58.6 Å². The summed E-state index contributed by atoms with van der Waals surface area (Å²) in [7, 11) is 0. The molecule has 1 N–H and O–H groups in total. The highest BCUT2D eigenvalue weighted by molar-refractivity contribution is 6.08. The number of fused-ring (bicyclic) bond motifs is 1. The summed E-state index contributed by atoms with van der Waals surface area (Å²) in [4.78, 5) is 24.5. The van der Waals surface area contributed by atoms with Gasteiger partial charge in [-0.15, -0.1) is 0 Å². The lowest BCUT2D eigenvalue weighted by Crippen LogP contribution is -2.20. The third-order valence-electron chi connectivity index (χ3n) is 3.38. The van der Waals surface area contributed by atoms with Crippen molar-refractivity contribution in [2.75, 3.05) is 0 Å². The molecule has 0 radical (unpaired) electrons. The maximum absolute atomic E-state index is 12.5. The van der Waals surface area contributed by atoms with E-state index in [2.05, 4.69) is 28.8 Å². The molecule has 0 saturated carbocycles. The molecule has 1 aromatic carbocycles. The molecule has 0 fully saturated rings. The number of ketones is 1. The number of benzene rings is 1. The molecule has 0 amide bonds. The summed E-state index contributed by atoms with van der Waals surface area (Å²) < 4.78 is 0. The van der Waals surface area contributed by atoms with Gasteiger partial charge in [-0.25, -0.2) is 9.97 Å². The lowest BCUT2D eigenvalue weighted by molar-refractivity contribution is 0.0860. The van der Waals surface area contributed by atoms with Crippen molar-refractivity contribution in [3.05, 3.63) is 48.3 Å². The average Bonchev–Trinajstić information content (AvgIpc) is 2.97. The van der Waals surface area contributed by atoms with Crippen LogP contribution in [-0.2, 0) is 0 Å². The molecule has 24 heavy (non-hydrogen) atoms. The minimum absolute atomic E-state index is 0.0632. The van der Waals surface area contributed by atoms with Gasteiger partial charge in [0.25, 0.3) is 0 Å². The number of aromatic nitrogens is 3. The number of rotatable bonds is 2. The quantitative estimate of drug-likeness (QED) is 0.654. The standard InChI is InChI=1S/C17H17N3O.C3H8/c1-17(2,3)15(21)12-9-18-16-14(12)20-13(10-19-16)11-7-5-4-6-8-11;1-3-2/h4-10H,1-3H3,(H,18,19);3H2,1-2H3. The van der Waals surface area contributed by atoms with Gasteiger partial charge in [0, 0.05) is 17.2 Å². The lowest BCUT2D eigenvalue weighted by Gasteiger charge is -2.15. The predicted molar refractivity (Wildman–Crippen MR) is 99.1 cm³/mol. The highest BCUT2D eigenvalue weighted by Crippen LogP contribution is 2.26. The summed E-state index contributed by atoms with van der Waals surface area (Å²) in [6.07, 6.45) is 4.67. The normalized spacial score (nSPS) is 11.0. The van der Waals surface area contributed by atoms with Crippen molar-refractivity contribution in [1.29, 1.82) is 0 Å². The predicted octanol–water partition coefficient (Wildman–Crippen LogP) is 5.27. The third-order valence-corrected chi connectivity index (χ3v) is 3.38. The number of H-pyrrole nitrogens is 1. The van der Waals surface area contributed by atoms with Crippen LogP contribution >= 0.6 is 0 Å². The summed E-state index contributed by atoms with van der Waals surface area (Å²) in [5.74, 6) is 0.0632. The first-order valence-electron chi connectivity index (χ1n) is 8.32. The number of Topliss-reactive ketones (excluding diaryl/α,β-unsaturated/α-hetero) is 1. The molecule has 4 heteroatoms. The van der Waals surface area contributed by atoms with E-state index in [-0.39, 0.29) is 5.78 Å². The summed E-state index contributed by atoms with van der Waals surface area (Å²) in [5, 5.41) is 0. The maximum atomic E-state index is 12.5. The SMILES string of the molecule is CC(C)(C)C(=O)c1c[nH]c2ncc(-c3ccccc3)nc12.CCC. The van der Waals surface area contributed by atoms with E-state index in [4.69, 9.17) is 0 Å². The van der Waals surface area contributed by atoms with Crippen molar-refractivity contribution in [3.63, 3.8) is 0 Å². The molecule has 0 unspecified atom stereocenters. The number of nitrogens with zero attached hydrogens (tertiary/aromatic N) is 2. The fourth-order valence-electron chi connectivity index (χ4n) is 2.22. The van der Waals surface area contributed by atoms with E-state index in [1.165, 1.54) is 6.42 Å². The molecule has 0 saturated heterocycles. The first kappa shape index (κ1) is 17.9. The van der Waals surface area contributed by atoms with Gasteiger partial charge in [-0.1, -0.05) is 71.4 Å². The van der Waals surface area contributed by atoms with Gasteiger partial charge >= 0.3 is 0 Å². The Hall–Kier alpha value is -2.49. The Labute approximate surface area is 143 Å². The molecule has 0 aliphatic rings. The molecule has 126 valence electrons. The first-order chi connectivity index (χ1) is 11.4. The van der Waals surface area contributed by atoms with Crippen molar-refractivity contribution < 1.29 is 4.79 Å². The molecule has 0 bridgehead atoms. The van der Waals surface area contributed by atoms with E-state index in [9.17, 15) is 4.79 Å². The van der Waals surface area contributed by atoms with Crippen LogP contribution in [0.2, 0.25) is 0 Å². The fourth-order valence-corrected chi connectivity index (χ4v) is 2.22. The monoisotopic (exact) mass is 323 g/mol. The van der Waals surface area contributed by atoms with Crippen LogP contribution in [0, 0.1) is 5.41 Å². The molecule has 3 aromatic rings. The Balaban J connectivity index is 0.000000647. The van der Waals surface area contributed by atoms with Crippen molar-refractivity contribution in [3.8, 4) is 11.3 Å². The van der Waals surface area contributed by atoms with E-state index >= 15 is 0 Å². The Morgan fingerprint density at radius 1 is 1.12 bits per heavy atom. The van der Waals surface area contributed by atoms with E-state index < -0.39 is 5.41 Å². The van der Waals surface area contributed by atoms with Crippen LogP contribution in [0.25, 0.3) is 22.4 Å². The molecular weight excluding hydrogens is 298 g/mol. The fraction of sp³-hybridized carbons (Fsp3) is 0.350. The Kier molecular flexibility index (Phi) is 5.50. The van der Waals surface area contributed by atoms with E-state index in [1.54, 1.807) is 12.4 Å². The lowest BCUT2D eigenvalue weighted by atomic mass is 9.87. The number of hydrogen-bond donors (Lipinski definition) is 1. The number of carbonyl (C=O) groups excluding carboxylic acids is 1. The molecule has 0 atom stereocenters. The molecule has 0 aliphatic carbocycles. The van der Waals surface area contributed by atoms with Crippen LogP contribution in [0.1, 0.15) is 51.4 Å². The smallest absolute Gasteiger partial charge is 0.171 e. The minimum atomic E-state index is -0.445. The van der Waals surface area contributed by atoms with Gasteiger partial charge in [0.2, 0.25) is 0 Å². The van der Waals surface area contributed by atoms with E-state index in [1.807, 2.05) is 51.1 Å². The van der Waals surface area contributed by atoms with Gasteiger partial charge < -0.3 is 4.98 Å². The zero-order chi connectivity index (χ0) is 17.7. The average molecular weight is 323 g/mol. The van der Waals surface area contributed by atoms with Crippen molar-refractivity contribution >= 4 is 16.9 Å². The number of nitrogens with one attached hydrogen (secondary N) is 1. The summed E-state index contributed by atoms with van der Waals surface area (Å²) in [5.41, 5.74) is 3.19. The molecule has 0 aliphatic heterocycles. The first-order valence-corrected chi connectivity index (χ1v) is 8.32. The van der Waals surface area contributed by atoms with Crippen LogP contribution < -0.4 is 0 Å². The minimum Gasteiger partial charge on any atom is -0.344 e. The van der Waals surface area contributed by atoms with Crippen molar-refractivity contribution in [1.82, 2.24) is 15.0 Å². The Bertz CT molecular complexity index is 814. The van der Waals surface area contributed by atoms with E-state index in [0.717, 1.165) is 11.3 Å². The number of hydrogen-bond acceptors (Lipinski definition) is 3. The van der Waals surface area contributed by atoms with Crippen LogP contribution in [-0.4, -0.2) is 20.7 Å². The van der Waals surface area contributed by atoms with Gasteiger partial charge in [0.15, 0.2) is 11.4 Å². The molecule has 2 heterocycles. The van der Waals surface area contributed by atoms with Crippen LogP contribution in [0.3, 0.4) is 0 Å². The van der Waals surface area contributed by atoms with Gasteiger partial charge in [-0.2, -0.15) is 0 Å². The Morgan fingerprint density at radius 3 is 2.33 bits per heavy atom. The summed E-state index contributed by atoms with van der Waals surface area (Å²) in [6.45, 7) is 9.97.